The molecule has 0 saturated carbocycles. The SMILES string of the molecule is [CH2]CCCc1cccc(I)c1. The second-order valence-electron chi connectivity index (χ2n) is 2.59. The summed E-state index contributed by atoms with van der Waals surface area (Å²) in [4.78, 5) is 0. The molecule has 0 spiro atoms. The Kier molecular flexibility index (Phi) is 3.91. The Hall–Kier alpha value is -0.0500. The molecule has 1 radical (unpaired) electrons. The molecule has 1 aromatic rings. The van der Waals surface area contributed by atoms with Crippen LogP contribution in [-0.2, 0) is 6.42 Å². The molecule has 0 amide bonds. The van der Waals surface area contributed by atoms with E-state index < -0.39 is 0 Å². The van der Waals surface area contributed by atoms with Gasteiger partial charge >= 0.3 is 0 Å². The number of benzene rings is 1. The van der Waals surface area contributed by atoms with Crippen LogP contribution in [-0.4, -0.2) is 0 Å². The predicted molar refractivity (Wildman–Crippen MR) is 57.5 cm³/mol. The number of hydrogen-bond donors (Lipinski definition) is 0. The average molecular weight is 259 g/mol. The van der Waals surface area contributed by atoms with Crippen molar-refractivity contribution in [3.63, 3.8) is 0 Å². The highest BCUT2D eigenvalue weighted by atomic mass is 127. The van der Waals surface area contributed by atoms with Crippen LogP contribution in [0.15, 0.2) is 24.3 Å². The predicted octanol–water partition coefficient (Wildman–Crippen LogP) is 3.45. The third-order valence-electron chi connectivity index (χ3n) is 1.60. The summed E-state index contributed by atoms with van der Waals surface area (Å²) in [6.07, 6.45) is 3.39. The lowest BCUT2D eigenvalue weighted by Crippen LogP contribution is -1.84. The molecule has 0 unspecified atom stereocenters. The van der Waals surface area contributed by atoms with E-state index in [1.165, 1.54) is 22.0 Å². The molecule has 0 nitrogen and oxygen atoms in total. The van der Waals surface area contributed by atoms with E-state index in [4.69, 9.17) is 0 Å². The van der Waals surface area contributed by atoms with Gasteiger partial charge in [0.05, 0.1) is 0 Å². The second kappa shape index (κ2) is 4.75. The fraction of sp³-hybridized carbons (Fsp3) is 0.300. The molecule has 1 heteroatoms. The average Bonchev–Trinajstić information content (AvgIpc) is 2.01. The Morgan fingerprint density at radius 2 is 2.18 bits per heavy atom. The molecule has 0 bridgehead atoms. The molecule has 59 valence electrons. The third-order valence-corrected chi connectivity index (χ3v) is 2.28. The Balaban J connectivity index is 2.56. The molecule has 0 aliphatic rings. The number of halogens is 1. The third kappa shape index (κ3) is 3.23. The monoisotopic (exact) mass is 259 g/mol. The van der Waals surface area contributed by atoms with Crippen molar-refractivity contribution in [2.75, 3.05) is 0 Å². The fourth-order valence-corrected chi connectivity index (χ4v) is 1.63. The number of aryl methyl sites for hydroxylation is 1. The van der Waals surface area contributed by atoms with Crippen LogP contribution in [0.2, 0.25) is 0 Å². The minimum atomic E-state index is 1.03. The van der Waals surface area contributed by atoms with Gasteiger partial charge in [0, 0.05) is 3.57 Å². The van der Waals surface area contributed by atoms with Crippen molar-refractivity contribution in [2.45, 2.75) is 19.3 Å². The molecule has 0 saturated heterocycles. The highest BCUT2D eigenvalue weighted by Gasteiger charge is 1.91. The van der Waals surface area contributed by atoms with Crippen LogP contribution in [0, 0.1) is 10.5 Å². The molecule has 0 aliphatic heterocycles. The smallest absolute Gasteiger partial charge is 0.0133 e. The van der Waals surface area contributed by atoms with Crippen molar-refractivity contribution in [1.29, 1.82) is 0 Å². The molecule has 1 aromatic carbocycles. The van der Waals surface area contributed by atoms with Crippen LogP contribution < -0.4 is 0 Å². The first kappa shape index (κ1) is 9.04. The van der Waals surface area contributed by atoms with Crippen molar-refractivity contribution in [3.8, 4) is 0 Å². The first-order valence-corrected chi connectivity index (χ1v) is 4.94. The highest BCUT2D eigenvalue weighted by Crippen LogP contribution is 2.09. The van der Waals surface area contributed by atoms with Gasteiger partial charge in [-0.1, -0.05) is 25.5 Å². The van der Waals surface area contributed by atoms with Gasteiger partial charge in [0.2, 0.25) is 0 Å². The maximum atomic E-state index is 3.82. The zero-order chi connectivity index (χ0) is 8.10. The molecule has 0 fully saturated rings. The standard InChI is InChI=1S/C10H12I/c1-2-3-5-9-6-4-7-10(11)8-9/h4,6-8H,1-3,5H2. The summed E-state index contributed by atoms with van der Waals surface area (Å²) in [5.41, 5.74) is 1.43. The minimum Gasteiger partial charge on any atom is -0.0609 e. The van der Waals surface area contributed by atoms with Gasteiger partial charge in [-0.3, -0.25) is 0 Å². The summed E-state index contributed by atoms with van der Waals surface area (Å²) in [6, 6.07) is 8.64. The maximum Gasteiger partial charge on any atom is 0.0133 e. The van der Waals surface area contributed by atoms with Gasteiger partial charge in [-0.25, -0.2) is 0 Å². The quantitative estimate of drug-likeness (QED) is 0.729. The summed E-state index contributed by atoms with van der Waals surface area (Å²) in [5, 5.41) is 0. The molecule has 0 atom stereocenters. The molecule has 0 aromatic heterocycles. The van der Waals surface area contributed by atoms with Gasteiger partial charge in [0.1, 0.15) is 0 Å². The maximum absolute atomic E-state index is 3.82. The minimum absolute atomic E-state index is 1.03. The van der Waals surface area contributed by atoms with Crippen molar-refractivity contribution >= 4 is 22.6 Å². The van der Waals surface area contributed by atoms with Gasteiger partial charge in [0.25, 0.3) is 0 Å². The lowest BCUT2D eigenvalue weighted by molar-refractivity contribution is 0.840. The summed E-state index contributed by atoms with van der Waals surface area (Å²) < 4.78 is 1.32. The molecule has 0 N–H and O–H groups in total. The van der Waals surface area contributed by atoms with Crippen LogP contribution in [0.25, 0.3) is 0 Å². The lowest BCUT2D eigenvalue weighted by Gasteiger charge is -1.98. The van der Waals surface area contributed by atoms with E-state index in [2.05, 4.69) is 53.8 Å². The first-order valence-electron chi connectivity index (χ1n) is 3.86. The normalized spacial score (nSPS) is 10.0. The van der Waals surface area contributed by atoms with Gasteiger partial charge in [-0.05, 0) is 53.1 Å². The van der Waals surface area contributed by atoms with E-state index in [0.29, 0.717) is 0 Å². The van der Waals surface area contributed by atoms with Crippen molar-refractivity contribution in [2.24, 2.45) is 0 Å². The van der Waals surface area contributed by atoms with Gasteiger partial charge in [-0.2, -0.15) is 0 Å². The number of unbranched alkanes of at least 4 members (excludes halogenated alkanes) is 1. The summed E-state index contributed by atoms with van der Waals surface area (Å²) >= 11 is 2.34. The lowest BCUT2D eigenvalue weighted by atomic mass is 10.1. The van der Waals surface area contributed by atoms with Gasteiger partial charge in [0.15, 0.2) is 0 Å². The van der Waals surface area contributed by atoms with Gasteiger partial charge in [-0.15, -0.1) is 0 Å². The fourth-order valence-electron chi connectivity index (χ4n) is 1.02. The van der Waals surface area contributed by atoms with Crippen LogP contribution in [0.3, 0.4) is 0 Å². The van der Waals surface area contributed by atoms with E-state index >= 15 is 0 Å². The number of hydrogen-bond acceptors (Lipinski definition) is 0. The van der Waals surface area contributed by atoms with E-state index in [-0.39, 0.29) is 0 Å². The molecule has 0 aliphatic carbocycles. The topological polar surface area (TPSA) is 0 Å². The molecule has 11 heavy (non-hydrogen) atoms. The first-order chi connectivity index (χ1) is 5.33. The zero-order valence-corrected chi connectivity index (χ0v) is 8.67. The van der Waals surface area contributed by atoms with Crippen molar-refractivity contribution < 1.29 is 0 Å². The molecular formula is C10H12I. The largest absolute Gasteiger partial charge is 0.0609 e. The Labute approximate surface area is 82.2 Å². The molecule has 0 heterocycles. The van der Waals surface area contributed by atoms with Crippen LogP contribution in [0.1, 0.15) is 18.4 Å². The Morgan fingerprint density at radius 1 is 1.36 bits per heavy atom. The second-order valence-corrected chi connectivity index (χ2v) is 3.83. The summed E-state index contributed by atoms with van der Waals surface area (Å²) in [7, 11) is 0. The van der Waals surface area contributed by atoms with Crippen LogP contribution >= 0.6 is 22.6 Å². The Morgan fingerprint density at radius 3 is 2.82 bits per heavy atom. The molecule has 1 rings (SSSR count). The van der Waals surface area contributed by atoms with Gasteiger partial charge < -0.3 is 0 Å². The van der Waals surface area contributed by atoms with Crippen molar-refractivity contribution in [3.05, 3.63) is 40.3 Å². The van der Waals surface area contributed by atoms with E-state index in [9.17, 15) is 0 Å². The van der Waals surface area contributed by atoms with E-state index in [0.717, 1.165) is 6.42 Å². The van der Waals surface area contributed by atoms with E-state index in [1.807, 2.05) is 0 Å². The van der Waals surface area contributed by atoms with Crippen LogP contribution in [0.5, 0.6) is 0 Å². The summed E-state index contributed by atoms with van der Waals surface area (Å²) in [5.74, 6) is 0. The summed E-state index contributed by atoms with van der Waals surface area (Å²) in [6.45, 7) is 3.82. The zero-order valence-electron chi connectivity index (χ0n) is 6.52. The highest BCUT2D eigenvalue weighted by molar-refractivity contribution is 14.1. The van der Waals surface area contributed by atoms with Crippen molar-refractivity contribution in [1.82, 2.24) is 0 Å². The molecular weight excluding hydrogens is 247 g/mol. The van der Waals surface area contributed by atoms with E-state index in [1.54, 1.807) is 0 Å². The van der Waals surface area contributed by atoms with Crippen LogP contribution in [0.4, 0.5) is 0 Å². The Bertz CT molecular complexity index is 218. The number of rotatable bonds is 3.